The van der Waals surface area contributed by atoms with Crippen LogP contribution in [0.4, 0.5) is 0 Å². The maximum Gasteiger partial charge on any atom is 1.00 e. The maximum absolute atomic E-state index is 4.28. The van der Waals surface area contributed by atoms with Crippen molar-refractivity contribution < 1.29 is 18.9 Å². The van der Waals surface area contributed by atoms with Crippen LogP contribution >= 0.6 is 0 Å². The van der Waals surface area contributed by atoms with Gasteiger partial charge < -0.3 is 5.32 Å². The van der Waals surface area contributed by atoms with E-state index in [1.807, 2.05) is 0 Å². The molecule has 1 rings (SSSR count). The molecule has 0 unspecified atom stereocenters. The molecule has 0 aliphatic heterocycles. The predicted octanol–water partition coefficient (Wildman–Crippen LogP) is -0.107. The van der Waals surface area contributed by atoms with Crippen LogP contribution in [0.3, 0.4) is 0 Å². The first kappa shape index (κ1) is 11.8. The molecule has 1 aromatic rings. The van der Waals surface area contributed by atoms with Gasteiger partial charge in [-0.3, -0.25) is 0 Å². The van der Waals surface area contributed by atoms with Gasteiger partial charge in [-0.25, -0.2) is 0 Å². The summed E-state index contributed by atoms with van der Waals surface area (Å²) >= 11 is 0. The van der Waals surface area contributed by atoms with Crippen LogP contribution in [0.2, 0.25) is 0 Å². The molecule has 0 atom stereocenters. The monoisotopic (exact) mass is 155 g/mol. The fourth-order valence-electron chi connectivity index (χ4n) is 1.05. The van der Waals surface area contributed by atoms with Crippen LogP contribution in [0.25, 0.3) is 5.32 Å². The van der Waals surface area contributed by atoms with E-state index < -0.39 is 0 Å². The summed E-state index contributed by atoms with van der Waals surface area (Å²) in [6.07, 6.45) is 0. The predicted molar refractivity (Wildman–Crippen MR) is 48.8 cm³/mol. The molecule has 0 aromatic heterocycles. The van der Waals surface area contributed by atoms with Gasteiger partial charge in [0, 0.05) is 0 Å². The third-order valence-corrected chi connectivity index (χ3v) is 1.60. The van der Waals surface area contributed by atoms with Gasteiger partial charge in [-0.1, -0.05) is 42.3 Å². The van der Waals surface area contributed by atoms with E-state index in [9.17, 15) is 0 Å². The zero-order valence-electron chi connectivity index (χ0n) is 8.17. The van der Waals surface area contributed by atoms with E-state index in [1.54, 1.807) is 0 Å². The first-order valence-electron chi connectivity index (χ1n) is 4.01. The van der Waals surface area contributed by atoms with E-state index in [-0.39, 0.29) is 18.9 Å². The van der Waals surface area contributed by atoms with Gasteiger partial charge in [0.25, 0.3) is 0 Å². The zero-order chi connectivity index (χ0) is 8.10. The van der Waals surface area contributed by atoms with Crippen LogP contribution in [0.1, 0.15) is 18.1 Å². The molecule has 0 heterocycles. The van der Waals surface area contributed by atoms with Crippen molar-refractivity contribution in [2.45, 2.75) is 20.4 Å². The molecular weight excluding hydrogens is 141 g/mol. The Balaban J connectivity index is 0.00000121. The summed E-state index contributed by atoms with van der Waals surface area (Å²) in [4.78, 5) is 0. The molecule has 0 aliphatic rings. The van der Waals surface area contributed by atoms with Crippen LogP contribution < -0.4 is 18.9 Å². The Bertz CT molecular complexity index is 223. The molecule has 0 spiro atoms. The molecule has 0 saturated heterocycles. The minimum atomic E-state index is 0. The van der Waals surface area contributed by atoms with Crippen molar-refractivity contribution in [3.8, 4) is 0 Å². The van der Waals surface area contributed by atoms with Crippen molar-refractivity contribution in [3.63, 3.8) is 0 Å². The number of aryl methyl sites for hydroxylation is 1. The summed E-state index contributed by atoms with van der Waals surface area (Å²) in [7, 11) is 0. The van der Waals surface area contributed by atoms with Gasteiger partial charge in [0.05, 0.1) is 0 Å². The smallest absolute Gasteiger partial charge is 0.659 e. The number of hydrogen-bond acceptors (Lipinski definition) is 0. The fraction of sp³-hybridized carbons (Fsp3) is 0.400. The number of benzene rings is 1. The topological polar surface area (TPSA) is 14.1 Å². The van der Waals surface area contributed by atoms with Crippen molar-refractivity contribution in [2.75, 3.05) is 6.54 Å². The molecule has 0 fully saturated rings. The second-order valence-electron chi connectivity index (χ2n) is 2.69. The molecule has 2 heteroatoms. The Morgan fingerprint density at radius 1 is 1.33 bits per heavy atom. The third-order valence-electron chi connectivity index (χ3n) is 1.60. The summed E-state index contributed by atoms with van der Waals surface area (Å²) in [5.74, 6) is 0. The Morgan fingerprint density at radius 3 is 2.67 bits per heavy atom. The van der Waals surface area contributed by atoms with Crippen LogP contribution in [0.15, 0.2) is 24.3 Å². The third kappa shape index (κ3) is 3.97. The quantitative estimate of drug-likeness (QED) is 0.541. The minimum Gasteiger partial charge on any atom is -0.659 e. The normalized spacial score (nSPS) is 9.17. The van der Waals surface area contributed by atoms with E-state index >= 15 is 0 Å². The Morgan fingerprint density at radius 2 is 2.08 bits per heavy atom. The van der Waals surface area contributed by atoms with Gasteiger partial charge in [-0.2, -0.15) is 6.54 Å². The second-order valence-corrected chi connectivity index (χ2v) is 2.69. The maximum atomic E-state index is 4.28. The second kappa shape index (κ2) is 6.31. The summed E-state index contributed by atoms with van der Waals surface area (Å²) in [6.45, 7) is 5.94. The van der Waals surface area contributed by atoms with Gasteiger partial charge in [-0.05, 0) is 6.92 Å². The molecule has 0 bridgehead atoms. The van der Waals surface area contributed by atoms with Crippen molar-refractivity contribution in [1.29, 1.82) is 0 Å². The summed E-state index contributed by atoms with van der Waals surface area (Å²) in [6, 6.07) is 8.48. The first-order chi connectivity index (χ1) is 5.33. The minimum absolute atomic E-state index is 0. The molecule has 0 saturated carbocycles. The number of hydrogen-bond donors (Lipinski definition) is 0. The van der Waals surface area contributed by atoms with E-state index in [0.29, 0.717) is 0 Å². The Kier molecular flexibility index (Phi) is 6.19. The zero-order valence-corrected chi connectivity index (χ0v) is 8.17. The fourth-order valence-corrected chi connectivity index (χ4v) is 1.05. The van der Waals surface area contributed by atoms with Crippen LogP contribution in [-0.2, 0) is 6.54 Å². The molecule has 0 aliphatic carbocycles. The Labute approximate surface area is 86.7 Å². The number of nitrogens with zero attached hydrogens (tertiary/aromatic N) is 1. The van der Waals surface area contributed by atoms with E-state index in [2.05, 4.69) is 43.4 Å². The van der Waals surface area contributed by atoms with Crippen molar-refractivity contribution in [1.82, 2.24) is 0 Å². The molecule has 12 heavy (non-hydrogen) atoms. The van der Waals surface area contributed by atoms with Gasteiger partial charge >= 0.3 is 18.9 Å². The summed E-state index contributed by atoms with van der Waals surface area (Å²) < 4.78 is 0. The molecule has 1 aromatic carbocycles. The standard InChI is InChI=1S/C10H14N.Li/c1-3-11-8-10-6-4-5-9(2)7-10;/h4-7H,3,8H2,1-2H3;/q-1;+1. The molecular formula is C10H14LiN. The average Bonchev–Trinajstić information content (AvgIpc) is 2.01. The SMILES string of the molecule is CC[N-]Cc1cccc(C)c1.[Li+]. The molecule has 60 valence electrons. The van der Waals surface area contributed by atoms with Gasteiger partial charge in [-0.15, -0.1) is 6.54 Å². The number of rotatable bonds is 3. The summed E-state index contributed by atoms with van der Waals surface area (Å²) in [5.41, 5.74) is 2.63. The average molecular weight is 155 g/mol. The molecule has 0 radical (unpaired) electrons. The van der Waals surface area contributed by atoms with E-state index in [1.165, 1.54) is 11.1 Å². The van der Waals surface area contributed by atoms with Gasteiger partial charge in [0.2, 0.25) is 0 Å². The van der Waals surface area contributed by atoms with Crippen LogP contribution in [-0.4, -0.2) is 6.54 Å². The largest absolute Gasteiger partial charge is 1.00 e. The van der Waals surface area contributed by atoms with E-state index in [0.717, 1.165) is 13.1 Å². The molecule has 0 N–H and O–H groups in total. The van der Waals surface area contributed by atoms with Crippen molar-refractivity contribution in [3.05, 3.63) is 40.7 Å². The van der Waals surface area contributed by atoms with Crippen LogP contribution in [0, 0.1) is 6.92 Å². The molecule has 1 nitrogen and oxygen atoms in total. The van der Waals surface area contributed by atoms with E-state index in [4.69, 9.17) is 0 Å². The van der Waals surface area contributed by atoms with Gasteiger partial charge in [0.15, 0.2) is 0 Å². The van der Waals surface area contributed by atoms with Crippen molar-refractivity contribution >= 4 is 0 Å². The van der Waals surface area contributed by atoms with Gasteiger partial charge in [0.1, 0.15) is 0 Å². The molecule has 0 amide bonds. The van der Waals surface area contributed by atoms with Crippen LogP contribution in [0.5, 0.6) is 0 Å². The van der Waals surface area contributed by atoms with Crippen molar-refractivity contribution in [2.24, 2.45) is 0 Å². The first-order valence-corrected chi connectivity index (χ1v) is 4.01. The summed E-state index contributed by atoms with van der Waals surface area (Å²) in [5, 5.41) is 4.28. The Hall–Kier alpha value is -0.223.